The van der Waals surface area contributed by atoms with Gasteiger partial charge in [0.05, 0.1) is 12.6 Å². The minimum Gasteiger partial charge on any atom is -0.363 e. The molecular formula is C37H59ClN6O6. The molecule has 0 radical (unpaired) electrons. The lowest BCUT2D eigenvalue weighted by molar-refractivity contribution is -0.143. The van der Waals surface area contributed by atoms with Gasteiger partial charge in [-0.3, -0.25) is 24.0 Å². The molecule has 50 heavy (non-hydrogen) atoms. The van der Waals surface area contributed by atoms with Crippen LogP contribution in [0.2, 0.25) is 0 Å². The van der Waals surface area contributed by atoms with Gasteiger partial charge in [-0.2, -0.15) is 0 Å². The van der Waals surface area contributed by atoms with E-state index >= 15 is 0 Å². The second-order valence-electron chi connectivity index (χ2n) is 15.0. The lowest BCUT2D eigenvalue weighted by atomic mass is 9.85. The molecule has 0 aromatic heterocycles. The number of carbonyl (C=O) groups excluding carboxylic acids is 6. The number of hydrogen-bond donors (Lipinski definition) is 4. The maximum Gasteiger partial charge on any atom is 0.315 e. The van der Waals surface area contributed by atoms with Crippen molar-refractivity contribution in [1.29, 1.82) is 0 Å². The molecule has 6 atom stereocenters. The predicted octanol–water partition coefficient (Wildman–Crippen LogP) is 3.98. The van der Waals surface area contributed by atoms with Gasteiger partial charge in [-0.15, -0.1) is 11.6 Å². The number of allylic oxidation sites excluding steroid dienone is 1. The van der Waals surface area contributed by atoms with Crippen LogP contribution in [0.5, 0.6) is 0 Å². The van der Waals surface area contributed by atoms with E-state index in [0.29, 0.717) is 19.5 Å². The number of halogens is 1. The number of alkyl halides is 1. The third kappa shape index (κ3) is 11.4. The van der Waals surface area contributed by atoms with Crippen LogP contribution in [0, 0.1) is 17.3 Å². The maximum atomic E-state index is 14.4. The van der Waals surface area contributed by atoms with E-state index in [1.807, 2.05) is 39.8 Å². The smallest absolute Gasteiger partial charge is 0.315 e. The number of primary amides is 1. The van der Waals surface area contributed by atoms with E-state index in [1.165, 1.54) is 4.90 Å². The van der Waals surface area contributed by atoms with Crippen molar-refractivity contribution < 1.29 is 28.8 Å². The summed E-state index contributed by atoms with van der Waals surface area (Å²) in [5.41, 5.74) is 6.48. The molecular weight excluding hydrogens is 660 g/mol. The van der Waals surface area contributed by atoms with Crippen molar-refractivity contribution in [3.05, 3.63) is 36.0 Å². The Morgan fingerprint density at radius 2 is 1.70 bits per heavy atom. The van der Waals surface area contributed by atoms with Gasteiger partial charge in [0.25, 0.3) is 5.91 Å². The Kier molecular flexibility index (Phi) is 15.8. The lowest BCUT2D eigenvalue weighted by Crippen LogP contribution is -2.60. The summed E-state index contributed by atoms with van der Waals surface area (Å²) in [6, 6.07) is -3.96. The average molecular weight is 719 g/mol. The Bertz CT molecular complexity index is 1350. The first-order valence-electron chi connectivity index (χ1n) is 17.7. The van der Waals surface area contributed by atoms with Gasteiger partial charge in [0.1, 0.15) is 12.1 Å². The standard InChI is InChI=1S/C37H59ClN6O6/c1-10-14-16-23(5)17-27(30(46)32(39)47)41-33(48)28-18-26(37(9,38)13-4)22-44(28)34(49)31(36(6,7)8)42-35(50)40-19-29(45)43-20-24(12-3)25(21-43)15-11-2/h11-12,15,23,26-28,31H,3,10,13-14,16-22H2,1-2,4-9H3,(H2,39,47)(H,41,48)(H2,40,42,50)/b15-11-/t23?,26-,27?,28+,31?,37?/m1/s1. The molecule has 0 aromatic rings. The van der Waals surface area contributed by atoms with Crippen molar-refractivity contribution in [3.63, 3.8) is 0 Å². The number of rotatable bonds is 17. The molecule has 4 unspecified atom stereocenters. The summed E-state index contributed by atoms with van der Waals surface area (Å²) < 4.78 is 0. The number of nitrogens with two attached hydrogens (primary N) is 1. The molecule has 5 N–H and O–H groups in total. The van der Waals surface area contributed by atoms with Crippen LogP contribution in [-0.2, 0) is 24.0 Å². The molecule has 6 amide bonds. The number of hydrogen-bond acceptors (Lipinski definition) is 6. The lowest BCUT2D eigenvalue weighted by Gasteiger charge is -2.36. The molecule has 2 heterocycles. The van der Waals surface area contributed by atoms with Gasteiger partial charge >= 0.3 is 6.03 Å². The largest absolute Gasteiger partial charge is 0.363 e. The summed E-state index contributed by atoms with van der Waals surface area (Å²) in [6.07, 6.45) is 9.25. The summed E-state index contributed by atoms with van der Waals surface area (Å²) in [5, 5.41) is 8.07. The molecule has 0 spiro atoms. The molecule has 1 fully saturated rings. The Hall–Kier alpha value is -3.67. The highest BCUT2D eigenvalue weighted by atomic mass is 35.5. The Morgan fingerprint density at radius 1 is 1.06 bits per heavy atom. The average Bonchev–Trinajstić information content (AvgIpc) is 3.69. The van der Waals surface area contributed by atoms with E-state index in [9.17, 15) is 28.8 Å². The van der Waals surface area contributed by atoms with Crippen molar-refractivity contribution in [2.75, 3.05) is 26.2 Å². The number of urea groups is 1. The van der Waals surface area contributed by atoms with E-state index < -0.39 is 58.0 Å². The van der Waals surface area contributed by atoms with Crippen LogP contribution >= 0.6 is 11.6 Å². The zero-order chi connectivity index (χ0) is 38.0. The van der Waals surface area contributed by atoms with Gasteiger partial charge in [-0.1, -0.05) is 85.6 Å². The Labute approximate surface area is 303 Å². The minimum absolute atomic E-state index is 0.0321. The fraction of sp³-hybridized carbons (Fsp3) is 0.676. The zero-order valence-electron chi connectivity index (χ0n) is 31.2. The summed E-state index contributed by atoms with van der Waals surface area (Å²) in [7, 11) is 0. The molecule has 0 saturated carbocycles. The van der Waals surface area contributed by atoms with E-state index in [4.69, 9.17) is 17.3 Å². The van der Waals surface area contributed by atoms with Crippen LogP contribution < -0.4 is 21.7 Å². The number of unbranched alkanes of at least 4 members (excludes halogenated alkanes) is 1. The van der Waals surface area contributed by atoms with Crippen molar-refractivity contribution in [2.24, 2.45) is 23.0 Å². The van der Waals surface area contributed by atoms with Crippen LogP contribution in [0.1, 0.15) is 93.9 Å². The van der Waals surface area contributed by atoms with E-state index in [2.05, 4.69) is 29.5 Å². The molecule has 13 heteroatoms. The van der Waals surface area contributed by atoms with Gasteiger partial charge in [-0.25, -0.2) is 4.79 Å². The van der Waals surface area contributed by atoms with Gasteiger partial charge in [0.2, 0.25) is 23.5 Å². The van der Waals surface area contributed by atoms with E-state index in [0.717, 1.165) is 30.4 Å². The third-order valence-corrected chi connectivity index (χ3v) is 10.5. The van der Waals surface area contributed by atoms with Gasteiger partial charge in [-0.05, 0) is 61.5 Å². The summed E-state index contributed by atoms with van der Waals surface area (Å²) in [5.74, 6) is -3.67. The Morgan fingerprint density at radius 3 is 2.24 bits per heavy atom. The first-order valence-corrected chi connectivity index (χ1v) is 18.1. The zero-order valence-corrected chi connectivity index (χ0v) is 32.0. The van der Waals surface area contributed by atoms with Gasteiger partial charge < -0.3 is 31.5 Å². The highest BCUT2D eigenvalue weighted by Crippen LogP contribution is 2.39. The Balaban J connectivity index is 2.28. The molecule has 1 saturated heterocycles. The topological polar surface area (TPSA) is 171 Å². The highest BCUT2D eigenvalue weighted by Gasteiger charge is 2.49. The van der Waals surface area contributed by atoms with Crippen molar-refractivity contribution in [3.8, 4) is 0 Å². The van der Waals surface area contributed by atoms with Crippen molar-refractivity contribution >= 4 is 47.0 Å². The molecule has 12 nitrogen and oxygen atoms in total. The molecule has 2 rings (SSSR count). The number of nitrogens with one attached hydrogen (secondary N) is 3. The third-order valence-electron chi connectivity index (χ3n) is 9.88. The number of amides is 6. The highest BCUT2D eigenvalue weighted by molar-refractivity contribution is 6.37. The summed E-state index contributed by atoms with van der Waals surface area (Å²) >= 11 is 6.89. The normalized spacial score (nSPS) is 21.0. The summed E-state index contributed by atoms with van der Waals surface area (Å²) in [6.45, 7) is 19.5. The second kappa shape index (κ2) is 18.5. The molecule has 0 aromatic carbocycles. The second-order valence-corrected chi connectivity index (χ2v) is 15.8. The quantitative estimate of drug-likeness (QED) is 0.131. The van der Waals surface area contributed by atoms with Crippen LogP contribution in [0.25, 0.3) is 0 Å². The molecule has 2 aliphatic heterocycles. The fourth-order valence-corrected chi connectivity index (χ4v) is 6.62. The van der Waals surface area contributed by atoms with E-state index in [1.54, 1.807) is 31.7 Å². The maximum absolute atomic E-state index is 14.4. The molecule has 0 bridgehead atoms. The summed E-state index contributed by atoms with van der Waals surface area (Å²) in [4.78, 5) is 81.5. The SMILES string of the molecule is C=CC1=C(/C=C\C)CN(C(=O)CNC(=O)NC(C(=O)N2C[C@H](C(C)(Cl)CC)C[C@H]2C(=O)NC(CC(C)CCCC)C(=O)C(N)=O)C(C)(C)C)C1. The number of ketones is 1. The predicted molar refractivity (Wildman–Crippen MR) is 196 cm³/mol. The minimum atomic E-state index is -1.14. The first kappa shape index (κ1) is 42.5. The number of carbonyl (C=O) groups is 6. The monoisotopic (exact) mass is 718 g/mol. The number of nitrogens with zero attached hydrogens (tertiary/aromatic N) is 2. The van der Waals surface area contributed by atoms with Crippen molar-refractivity contribution in [2.45, 2.75) is 117 Å². The van der Waals surface area contributed by atoms with Crippen LogP contribution in [0.4, 0.5) is 4.79 Å². The molecule has 0 aliphatic carbocycles. The van der Waals surface area contributed by atoms with Gasteiger partial charge in [0.15, 0.2) is 0 Å². The molecule has 280 valence electrons. The van der Waals surface area contributed by atoms with Gasteiger partial charge in [0, 0.05) is 24.5 Å². The van der Waals surface area contributed by atoms with Crippen LogP contribution in [-0.4, -0.2) is 94.4 Å². The van der Waals surface area contributed by atoms with Crippen molar-refractivity contribution in [1.82, 2.24) is 25.8 Å². The van der Waals surface area contributed by atoms with Crippen LogP contribution in [0.15, 0.2) is 36.0 Å². The molecule has 2 aliphatic rings. The number of likely N-dealkylation sites (tertiary alicyclic amines) is 1. The fourth-order valence-electron chi connectivity index (χ4n) is 6.46. The first-order chi connectivity index (χ1) is 23.3. The number of Topliss-reactive ketones (excluding diaryl/α,β-unsaturated/α-hetero) is 1. The van der Waals surface area contributed by atoms with E-state index in [-0.39, 0.29) is 43.7 Å². The van der Waals surface area contributed by atoms with Crippen LogP contribution in [0.3, 0.4) is 0 Å².